The number of nitrogens with one attached hydrogen (secondary N) is 2. The molecule has 2 heterocycles. The van der Waals surface area contributed by atoms with Crippen LogP contribution in [0.4, 0.5) is 24.5 Å². The number of H-pyrrole nitrogens is 1. The molecule has 0 saturated heterocycles. The summed E-state index contributed by atoms with van der Waals surface area (Å²) < 4.78 is 64.1. The van der Waals surface area contributed by atoms with Gasteiger partial charge in [-0.2, -0.15) is 13.2 Å². The van der Waals surface area contributed by atoms with E-state index in [4.69, 9.17) is 0 Å². The first-order valence-electron chi connectivity index (χ1n) is 11.8. The first-order chi connectivity index (χ1) is 18.1. The molecule has 2 N–H and O–H groups in total. The van der Waals surface area contributed by atoms with Gasteiger partial charge in [0.15, 0.2) is 0 Å². The molecule has 3 aromatic carbocycles. The van der Waals surface area contributed by atoms with E-state index in [1.165, 1.54) is 18.3 Å². The monoisotopic (exact) mass is 540 g/mol. The van der Waals surface area contributed by atoms with Crippen molar-refractivity contribution in [2.45, 2.75) is 30.1 Å². The van der Waals surface area contributed by atoms with Gasteiger partial charge in [-0.1, -0.05) is 42.5 Å². The molecule has 1 aromatic heterocycles. The third kappa shape index (κ3) is 5.42. The molecule has 196 valence electrons. The number of carbonyl (C=O) groups is 1. The van der Waals surface area contributed by atoms with Crippen molar-refractivity contribution in [3.8, 4) is 0 Å². The number of hydrogen-bond acceptors (Lipinski definition) is 5. The third-order valence-electron chi connectivity index (χ3n) is 6.31. The van der Waals surface area contributed by atoms with Crippen LogP contribution in [-0.4, -0.2) is 35.7 Å². The minimum atomic E-state index is -4.40. The summed E-state index contributed by atoms with van der Waals surface area (Å²) in [5, 5.41) is 2.91. The maximum absolute atomic E-state index is 13.1. The summed E-state index contributed by atoms with van der Waals surface area (Å²) >= 11 is 0. The molecule has 0 fully saturated rings. The lowest BCUT2D eigenvalue weighted by Gasteiger charge is -2.30. The fourth-order valence-electron chi connectivity index (χ4n) is 4.39. The second kappa shape index (κ2) is 9.97. The molecule has 11 heteroatoms. The number of fused-ring (bicyclic) bond motifs is 1. The van der Waals surface area contributed by atoms with Gasteiger partial charge in [-0.05, 0) is 53.4 Å². The van der Waals surface area contributed by atoms with Gasteiger partial charge < -0.3 is 15.2 Å². The standard InChI is InChI=1S/C27H23F3N4O3S/c28-27(29,30)20-9-11-21(12-10-20)32-23-8-4-7-19-16-34(14-13-22(19)23)25(35)24-15-31-26(33-24)38(36,37)17-18-5-2-1-3-6-18/h1-12,15,32H,13-14,16-17H2,(H,31,33). The Morgan fingerprint density at radius 3 is 2.45 bits per heavy atom. The van der Waals surface area contributed by atoms with Crippen molar-refractivity contribution in [3.05, 3.63) is 107 Å². The molecule has 7 nitrogen and oxygen atoms in total. The Bertz CT molecular complexity index is 1570. The topological polar surface area (TPSA) is 95.2 Å². The molecule has 1 aliphatic rings. The van der Waals surface area contributed by atoms with E-state index in [1.807, 2.05) is 18.2 Å². The number of carbonyl (C=O) groups excluding carboxylic acids is 1. The Morgan fingerprint density at radius 1 is 1.00 bits per heavy atom. The summed E-state index contributed by atoms with van der Waals surface area (Å²) in [5.74, 6) is -0.630. The molecule has 0 aliphatic carbocycles. The van der Waals surface area contributed by atoms with Gasteiger partial charge in [-0.3, -0.25) is 4.79 Å². The van der Waals surface area contributed by atoms with Crippen molar-refractivity contribution in [2.24, 2.45) is 0 Å². The number of benzene rings is 3. The number of alkyl halides is 3. The maximum Gasteiger partial charge on any atom is 0.416 e. The van der Waals surface area contributed by atoms with Crippen LogP contribution in [0, 0.1) is 0 Å². The van der Waals surface area contributed by atoms with Crippen LogP contribution in [0.1, 0.15) is 32.7 Å². The van der Waals surface area contributed by atoms with E-state index < -0.39 is 27.5 Å². The number of sulfone groups is 1. The van der Waals surface area contributed by atoms with E-state index in [0.29, 0.717) is 24.2 Å². The highest BCUT2D eigenvalue weighted by Crippen LogP contribution is 2.32. The molecule has 38 heavy (non-hydrogen) atoms. The number of aromatic nitrogens is 2. The van der Waals surface area contributed by atoms with Gasteiger partial charge in [0, 0.05) is 30.7 Å². The van der Waals surface area contributed by atoms with Gasteiger partial charge in [0.25, 0.3) is 5.91 Å². The lowest BCUT2D eigenvalue weighted by molar-refractivity contribution is -0.137. The van der Waals surface area contributed by atoms with Crippen molar-refractivity contribution in [1.29, 1.82) is 0 Å². The van der Waals surface area contributed by atoms with Crippen LogP contribution >= 0.6 is 0 Å². The number of amides is 1. The molecule has 0 saturated carbocycles. The SMILES string of the molecule is O=C(c1c[nH]c(S(=O)(=O)Cc2ccccc2)n1)N1CCc2c(cccc2Nc2ccc(C(F)(F)F)cc2)C1. The molecule has 0 radical (unpaired) electrons. The summed E-state index contributed by atoms with van der Waals surface area (Å²) in [7, 11) is -3.76. The van der Waals surface area contributed by atoms with Gasteiger partial charge in [-0.25, -0.2) is 13.4 Å². The summed E-state index contributed by atoms with van der Waals surface area (Å²) in [6, 6.07) is 19.0. The largest absolute Gasteiger partial charge is 0.416 e. The number of nitrogens with zero attached hydrogens (tertiary/aromatic N) is 2. The van der Waals surface area contributed by atoms with Crippen LogP contribution in [-0.2, 0) is 34.7 Å². The number of aromatic amines is 1. The fourth-order valence-corrected chi connectivity index (χ4v) is 5.64. The summed E-state index contributed by atoms with van der Waals surface area (Å²) in [5.41, 5.74) is 3.03. The number of halogens is 3. The number of hydrogen-bond donors (Lipinski definition) is 2. The molecule has 1 amide bonds. The minimum Gasteiger partial charge on any atom is -0.355 e. The Balaban J connectivity index is 1.29. The van der Waals surface area contributed by atoms with Crippen LogP contribution in [0.5, 0.6) is 0 Å². The van der Waals surface area contributed by atoms with Gasteiger partial charge in [0.1, 0.15) is 5.69 Å². The summed E-state index contributed by atoms with van der Waals surface area (Å²) in [4.78, 5) is 21.4. The smallest absolute Gasteiger partial charge is 0.355 e. The maximum atomic E-state index is 13.1. The van der Waals surface area contributed by atoms with Crippen LogP contribution in [0.25, 0.3) is 0 Å². The van der Waals surface area contributed by atoms with E-state index in [1.54, 1.807) is 35.2 Å². The summed E-state index contributed by atoms with van der Waals surface area (Å²) in [6.45, 7) is 0.659. The van der Waals surface area contributed by atoms with Crippen LogP contribution in [0.2, 0.25) is 0 Å². The van der Waals surface area contributed by atoms with Crippen molar-refractivity contribution in [3.63, 3.8) is 0 Å². The van der Waals surface area contributed by atoms with Crippen LogP contribution in [0.15, 0.2) is 84.1 Å². The highest BCUT2D eigenvalue weighted by molar-refractivity contribution is 7.90. The lowest BCUT2D eigenvalue weighted by atomic mass is 9.97. The lowest BCUT2D eigenvalue weighted by Crippen LogP contribution is -2.36. The van der Waals surface area contributed by atoms with Crippen molar-refractivity contribution < 1.29 is 26.4 Å². The van der Waals surface area contributed by atoms with Crippen molar-refractivity contribution >= 4 is 27.1 Å². The van der Waals surface area contributed by atoms with E-state index in [-0.39, 0.29) is 23.1 Å². The third-order valence-corrected chi connectivity index (χ3v) is 7.82. The number of imidazole rings is 1. The Kier molecular flexibility index (Phi) is 6.70. The van der Waals surface area contributed by atoms with Gasteiger partial charge in [-0.15, -0.1) is 0 Å². The zero-order valence-corrected chi connectivity index (χ0v) is 20.8. The molecular formula is C27H23F3N4O3S. The van der Waals surface area contributed by atoms with Crippen LogP contribution in [0.3, 0.4) is 0 Å². The molecule has 5 rings (SSSR count). The zero-order chi connectivity index (χ0) is 26.9. The van der Waals surface area contributed by atoms with Gasteiger partial charge >= 0.3 is 6.18 Å². The molecule has 0 bridgehead atoms. The Labute approximate surface area is 217 Å². The zero-order valence-electron chi connectivity index (χ0n) is 20.0. The fraction of sp³-hybridized carbons (Fsp3) is 0.185. The van der Waals surface area contributed by atoms with Gasteiger partial charge in [0.2, 0.25) is 15.0 Å². The van der Waals surface area contributed by atoms with Crippen molar-refractivity contribution in [2.75, 3.05) is 11.9 Å². The quantitative estimate of drug-likeness (QED) is 0.344. The summed E-state index contributed by atoms with van der Waals surface area (Å²) in [6.07, 6.45) is -2.59. The molecule has 0 atom stereocenters. The minimum absolute atomic E-state index is 0.0131. The molecule has 4 aromatic rings. The van der Waals surface area contributed by atoms with E-state index in [2.05, 4.69) is 15.3 Å². The van der Waals surface area contributed by atoms with E-state index in [9.17, 15) is 26.4 Å². The Hall–Kier alpha value is -4.12. The normalized spacial score (nSPS) is 13.7. The number of anilines is 2. The molecule has 0 unspecified atom stereocenters. The average molecular weight is 541 g/mol. The predicted molar refractivity (Wildman–Crippen MR) is 136 cm³/mol. The average Bonchev–Trinajstić information content (AvgIpc) is 3.40. The molecular weight excluding hydrogens is 517 g/mol. The highest BCUT2D eigenvalue weighted by Gasteiger charge is 2.30. The molecule has 0 spiro atoms. The number of rotatable bonds is 6. The second-order valence-electron chi connectivity index (χ2n) is 8.96. The molecule has 1 aliphatic heterocycles. The first kappa shape index (κ1) is 25.5. The highest BCUT2D eigenvalue weighted by atomic mass is 32.2. The van der Waals surface area contributed by atoms with E-state index >= 15 is 0 Å². The van der Waals surface area contributed by atoms with Gasteiger partial charge in [0.05, 0.1) is 11.3 Å². The predicted octanol–water partition coefficient (Wildman–Crippen LogP) is 5.34. The van der Waals surface area contributed by atoms with Crippen LogP contribution < -0.4 is 5.32 Å². The Morgan fingerprint density at radius 2 is 1.74 bits per heavy atom. The second-order valence-corrected chi connectivity index (χ2v) is 10.9. The van der Waals surface area contributed by atoms with Crippen molar-refractivity contribution in [1.82, 2.24) is 14.9 Å². The van der Waals surface area contributed by atoms with E-state index in [0.717, 1.165) is 28.9 Å². The first-order valence-corrected chi connectivity index (χ1v) is 13.4.